The Morgan fingerprint density at radius 1 is 1.40 bits per heavy atom. The van der Waals surface area contributed by atoms with Crippen LogP contribution in [-0.4, -0.2) is 68.5 Å². The predicted molar refractivity (Wildman–Crippen MR) is 81.7 cm³/mol. The predicted octanol–water partition coefficient (Wildman–Crippen LogP) is 1.08. The van der Waals surface area contributed by atoms with E-state index in [1.807, 2.05) is 12.1 Å². The van der Waals surface area contributed by atoms with Gasteiger partial charge >= 0.3 is 29.6 Å². The average Bonchev–Trinajstić information content (AvgIpc) is 2.37. The topological polar surface area (TPSA) is 66.8 Å². The zero-order valence-corrected chi connectivity index (χ0v) is 11.8. The Bertz CT molecular complexity index is 547. The van der Waals surface area contributed by atoms with E-state index in [1.54, 1.807) is 7.11 Å². The number of rotatable bonds is 5. The standard InChI is InChI=1S/C13H19NO4S.Na.H/c1-18-12-6-5-11-4-2-7-14(13(11)10-12)8-3-9-19(15,16)17;;/h5-6,10H,2-4,7-9H2,1H3,(H,15,16,17);;. The Hall–Kier alpha value is -0.270. The second-order valence-electron chi connectivity index (χ2n) is 4.72. The molecule has 0 spiro atoms. The van der Waals surface area contributed by atoms with E-state index in [9.17, 15) is 8.42 Å². The summed E-state index contributed by atoms with van der Waals surface area (Å²) in [5.74, 6) is 0.614. The zero-order chi connectivity index (χ0) is 13.9. The zero-order valence-electron chi connectivity index (χ0n) is 11.0. The number of hydrogen-bond acceptors (Lipinski definition) is 4. The molecule has 0 atom stereocenters. The molecule has 0 amide bonds. The maximum atomic E-state index is 10.7. The van der Waals surface area contributed by atoms with Crippen LogP contribution in [0, 0.1) is 0 Å². The van der Waals surface area contributed by atoms with Gasteiger partial charge in [-0.15, -0.1) is 0 Å². The summed E-state index contributed by atoms with van der Waals surface area (Å²) in [5, 5.41) is 0. The fourth-order valence-electron chi connectivity index (χ4n) is 2.43. The first-order valence-electron chi connectivity index (χ1n) is 6.36. The molecule has 0 aliphatic carbocycles. The number of benzene rings is 1. The number of aryl methyl sites for hydroxylation is 1. The van der Waals surface area contributed by atoms with Crippen LogP contribution in [0.3, 0.4) is 0 Å². The van der Waals surface area contributed by atoms with Crippen molar-refractivity contribution in [2.75, 3.05) is 30.9 Å². The molecule has 0 bridgehead atoms. The van der Waals surface area contributed by atoms with Crippen molar-refractivity contribution in [2.45, 2.75) is 19.3 Å². The summed E-state index contributed by atoms with van der Waals surface area (Å²) in [7, 11) is -2.23. The van der Waals surface area contributed by atoms with Crippen LogP contribution in [0.2, 0.25) is 0 Å². The molecule has 1 heterocycles. The molecule has 1 aromatic rings. The van der Waals surface area contributed by atoms with Crippen LogP contribution in [0.4, 0.5) is 5.69 Å². The molecule has 0 radical (unpaired) electrons. The van der Waals surface area contributed by atoms with Crippen molar-refractivity contribution in [1.82, 2.24) is 0 Å². The van der Waals surface area contributed by atoms with Crippen LogP contribution < -0.4 is 9.64 Å². The van der Waals surface area contributed by atoms with Crippen LogP contribution >= 0.6 is 0 Å². The minimum atomic E-state index is -3.87. The van der Waals surface area contributed by atoms with Gasteiger partial charge in [-0.05, 0) is 30.9 Å². The quantitative estimate of drug-likeness (QED) is 0.651. The molecule has 2 rings (SSSR count). The molecule has 1 aliphatic heterocycles. The van der Waals surface area contributed by atoms with Crippen molar-refractivity contribution in [3.8, 4) is 5.75 Å². The van der Waals surface area contributed by atoms with Gasteiger partial charge in [-0.1, -0.05) is 6.07 Å². The molecule has 1 aromatic carbocycles. The SMILES string of the molecule is COc1ccc2c(c1)N(CCCS(=O)(=O)O)CCC2.[NaH]. The monoisotopic (exact) mass is 309 g/mol. The van der Waals surface area contributed by atoms with Crippen molar-refractivity contribution >= 4 is 45.4 Å². The summed E-state index contributed by atoms with van der Waals surface area (Å²) in [5.41, 5.74) is 2.37. The summed E-state index contributed by atoms with van der Waals surface area (Å²) in [6, 6.07) is 5.99. The molecule has 1 N–H and O–H groups in total. The van der Waals surface area contributed by atoms with Gasteiger partial charge in [-0.25, -0.2) is 0 Å². The van der Waals surface area contributed by atoms with E-state index in [0.717, 1.165) is 30.8 Å². The van der Waals surface area contributed by atoms with Gasteiger partial charge in [0, 0.05) is 24.8 Å². The van der Waals surface area contributed by atoms with Crippen LogP contribution in [0.15, 0.2) is 18.2 Å². The molecule has 20 heavy (non-hydrogen) atoms. The third-order valence-corrected chi connectivity index (χ3v) is 4.14. The van der Waals surface area contributed by atoms with E-state index < -0.39 is 10.1 Å². The summed E-state index contributed by atoms with van der Waals surface area (Å²) in [4.78, 5) is 2.16. The minimum absolute atomic E-state index is 0. The molecule has 0 saturated carbocycles. The average molecular weight is 309 g/mol. The third-order valence-electron chi connectivity index (χ3n) is 3.34. The first-order chi connectivity index (χ1) is 8.99. The maximum absolute atomic E-state index is 10.7. The Morgan fingerprint density at radius 2 is 2.15 bits per heavy atom. The van der Waals surface area contributed by atoms with Gasteiger partial charge in [0.1, 0.15) is 5.75 Å². The summed E-state index contributed by atoms with van der Waals surface area (Å²) in [6.45, 7) is 1.53. The Kier molecular flexibility index (Phi) is 6.81. The van der Waals surface area contributed by atoms with Crippen LogP contribution in [0.5, 0.6) is 5.75 Å². The van der Waals surface area contributed by atoms with Crippen LogP contribution in [0.1, 0.15) is 18.4 Å². The summed E-state index contributed by atoms with van der Waals surface area (Å²) >= 11 is 0. The Labute approximate surface area is 142 Å². The van der Waals surface area contributed by atoms with Crippen molar-refractivity contribution in [3.63, 3.8) is 0 Å². The molecular formula is C13H20NNaO4S. The van der Waals surface area contributed by atoms with E-state index in [2.05, 4.69) is 11.0 Å². The first-order valence-corrected chi connectivity index (χ1v) is 7.97. The molecular weight excluding hydrogens is 289 g/mol. The molecule has 0 aromatic heterocycles. The summed E-state index contributed by atoms with van der Waals surface area (Å²) in [6.07, 6.45) is 2.52. The second-order valence-corrected chi connectivity index (χ2v) is 6.30. The molecule has 1 aliphatic rings. The van der Waals surface area contributed by atoms with Crippen molar-refractivity contribution in [1.29, 1.82) is 0 Å². The fraction of sp³-hybridized carbons (Fsp3) is 0.538. The van der Waals surface area contributed by atoms with E-state index in [0.29, 0.717) is 13.0 Å². The van der Waals surface area contributed by atoms with Gasteiger partial charge in [0.25, 0.3) is 10.1 Å². The second kappa shape index (κ2) is 7.66. The van der Waals surface area contributed by atoms with Crippen molar-refractivity contribution in [3.05, 3.63) is 23.8 Å². The first kappa shape index (κ1) is 17.8. The van der Waals surface area contributed by atoms with Gasteiger partial charge in [0.05, 0.1) is 12.9 Å². The number of fused-ring (bicyclic) bond motifs is 1. The van der Waals surface area contributed by atoms with Crippen molar-refractivity contribution < 1.29 is 17.7 Å². The van der Waals surface area contributed by atoms with E-state index in [-0.39, 0.29) is 35.3 Å². The van der Waals surface area contributed by atoms with E-state index >= 15 is 0 Å². The Balaban J connectivity index is 0.00000200. The number of methoxy groups -OCH3 is 1. The van der Waals surface area contributed by atoms with Crippen LogP contribution in [-0.2, 0) is 16.5 Å². The van der Waals surface area contributed by atoms with Crippen molar-refractivity contribution in [2.24, 2.45) is 0 Å². The van der Waals surface area contributed by atoms with Crippen LogP contribution in [0.25, 0.3) is 0 Å². The fourth-order valence-corrected chi connectivity index (χ4v) is 2.92. The Morgan fingerprint density at radius 3 is 2.80 bits per heavy atom. The molecule has 0 saturated heterocycles. The van der Waals surface area contributed by atoms with E-state index in [4.69, 9.17) is 9.29 Å². The normalized spacial score (nSPS) is 14.4. The number of hydrogen-bond donors (Lipinski definition) is 1. The number of anilines is 1. The van der Waals surface area contributed by atoms with E-state index in [1.165, 1.54) is 5.56 Å². The van der Waals surface area contributed by atoms with Gasteiger partial charge in [0.2, 0.25) is 0 Å². The van der Waals surface area contributed by atoms with Gasteiger partial charge in [0.15, 0.2) is 0 Å². The molecule has 5 nitrogen and oxygen atoms in total. The molecule has 0 unspecified atom stereocenters. The van der Waals surface area contributed by atoms with Gasteiger partial charge < -0.3 is 9.64 Å². The van der Waals surface area contributed by atoms with Gasteiger partial charge in [-0.3, -0.25) is 4.55 Å². The molecule has 7 heteroatoms. The number of ether oxygens (including phenoxy) is 1. The molecule has 0 fully saturated rings. The third kappa shape index (κ3) is 4.93. The molecule has 108 valence electrons. The summed E-state index contributed by atoms with van der Waals surface area (Å²) < 4.78 is 35.5. The van der Waals surface area contributed by atoms with Gasteiger partial charge in [-0.2, -0.15) is 8.42 Å². The number of nitrogens with zero attached hydrogens (tertiary/aromatic N) is 1.